The molecule has 0 spiro atoms. The van der Waals surface area contributed by atoms with Gasteiger partial charge in [0.2, 0.25) is 11.1 Å². The van der Waals surface area contributed by atoms with Crippen molar-refractivity contribution in [1.29, 1.82) is 0 Å². The minimum atomic E-state index is -0.348. The van der Waals surface area contributed by atoms with Gasteiger partial charge in [0.25, 0.3) is 0 Å². The first-order valence-electron chi connectivity index (χ1n) is 11.0. The summed E-state index contributed by atoms with van der Waals surface area (Å²) in [6.45, 7) is 4.31. The first-order valence-corrected chi connectivity index (χ1v) is 12.3. The Labute approximate surface area is 197 Å². The fourth-order valence-corrected chi connectivity index (χ4v) is 6.00. The molecule has 6 nitrogen and oxygen atoms in total. The lowest BCUT2D eigenvalue weighted by atomic mass is 9.95. The molecule has 1 N–H and O–H groups in total. The number of aromatic nitrogens is 3. The van der Waals surface area contributed by atoms with Gasteiger partial charge in [0.1, 0.15) is 5.25 Å². The summed E-state index contributed by atoms with van der Waals surface area (Å²) in [7, 11) is 0. The summed E-state index contributed by atoms with van der Waals surface area (Å²) in [4.78, 5) is 16.0. The number of hydrogen-bond acceptors (Lipinski definition) is 5. The minimum absolute atomic E-state index is 0.151. The summed E-state index contributed by atoms with van der Waals surface area (Å²) < 4.78 is 1.91. The number of halogens is 1. The van der Waals surface area contributed by atoms with Crippen molar-refractivity contribution in [2.24, 2.45) is 0 Å². The van der Waals surface area contributed by atoms with E-state index in [-0.39, 0.29) is 29.3 Å². The van der Waals surface area contributed by atoms with Gasteiger partial charge in [-0.2, -0.15) is 0 Å². The van der Waals surface area contributed by atoms with Gasteiger partial charge in [-0.1, -0.05) is 65.8 Å². The Bertz CT molecular complexity index is 1090. The van der Waals surface area contributed by atoms with E-state index in [1.807, 2.05) is 59.3 Å². The van der Waals surface area contributed by atoms with E-state index < -0.39 is 0 Å². The third-order valence-electron chi connectivity index (χ3n) is 6.39. The molecule has 1 fully saturated rings. The number of amides is 1. The third kappa shape index (κ3) is 3.88. The van der Waals surface area contributed by atoms with Crippen LogP contribution in [0, 0.1) is 0 Å². The molecule has 2 aromatic carbocycles. The molecule has 4 atom stereocenters. The van der Waals surface area contributed by atoms with Crippen molar-refractivity contribution < 1.29 is 4.79 Å². The number of likely N-dealkylation sites (tertiary alicyclic amines) is 1. The van der Waals surface area contributed by atoms with Crippen LogP contribution in [0.25, 0.3) is 11.4 Å². The maximum absolute atomic E-state index is 13.9. The van der Waals surface area contributed by atoms with Gasteiger partial charge in [0.05, 0.1) is 6.04 Å². The molecule has 3 aromatic rings. The summed E-state index contributed by atoms with van der Waals surface area (Å²) in [5, 5.41) is 9.87. The van der Waals surface area contributed by atoms with Crippen molar-refractivity contribution in [2.75, 3.05) is 5.43 Å². The van der Waals surface area contributed by atoms with Crippen molar-refractivity contribution in [3.05, 3.63) is 65.2 Å². The SMILES string of the molecule is C[C@@H]1CCC[C@H](C)N1C(=O)[C@H]1Sc2nnc(-c3ccccc3)n2N[C@H]1c1ccc(Cl)cc1. The van der Waals surface area contributed by atoms with Crippen LogP contribution < -0.4 is 5.43 Å². The summed E-state index contributed by atoms with van der Waals surface area (Å²) in [6, 6.07) is 17.9. The van der Waals surface area contributed by atoms with E-state index >= 15 is 0 Å². The van der Waals surface area contributed by atoms with E-state index in [2.05, 4.69) is 34.4 Å². The first kappa shape index (κ1) is 21.3. The number of carbonyl (C=O) groups is 1. The van der Waals surface area contributed by atoms with Crippen molar-refractivity contribution >= 4 is 29.3 Å². The molecule has 0 aliphatic carbocycles. The summed E-state index contributed by atoms with van der Waals surface area (Å²) in [5.74, 6) is 0.885. The second kappa shape index (κ2) is 8.79. The van der Waals surface area contributed by atoms with Crippen LogP contribution in [0.15, 0.2) is 59.8 Å². The van der Waals surface area contributed by atoms with Gasteiger partial charge < -0.3 is 10.3 Å². The van der Waals surface area contributed by atoms with Gasteiger partial charge in [-0.05, 0) is 50.8 Å². The molecule has 1 aromatic heterocycles. The van der Waals surface area contributed by atoms with Crippen molar-refractivity contribution in [3.8, 4) is 11.4 Å². The van der Waals surface area contributed by atoms with Crippen LogP contribution in [0.3, 0.4) is 0 Å². The number of thioether (sulfide) groups is 1. The van der Waals surface area contributed by atoms with Crippen LogP contribution in [0.4, 0.5) is 0 Å². The van der Waals surface area contributed by atoms with Crippen LogP contribution in [0.2, 0.25) is 5.02 Å². The predicted molar refractivity (Wildman–Crippen MR) is 128 cm³/mol. The fourth-order valence-electron chi connectivity index (χ4n) is 4.74. The summed E-state index contributed by atoms with van der Waals surface area (Å²) in [6.07, 6.45) is 3.25. The molecule has 166 valence electrons. The van der Waals surface area contributed by atoms with Gasteiger partial charge >= 0.3 is 0 Å². The normalized spacial score (nSPS) is 25.2. The zero-order valence-corrected chi connectivity index (χ0v) is 19.7. The number of hydrogen-bond donors (Lipinski definition) is 1. The Kier molecular flexibility index (Phi) is 5.86. The van der Waals surface area contributed by atoms with Crippen LogP contribution in [-0.4, -0.2) is 43.0 Å². The topological polar surface area (TPSA) is 63.1 Å². The molecule has 3 heterocycles. The Morgan fingerprint density at radius 2 is 1.72 bits per heavy atom. The lowest BCUT2D eigenvalue weighted by Gasteiger charge is -2.43. The molecule has 0 bridgehead atoms. The van der Waals surface area contributed by atoms with Crippen molar-refractivity contribution in [1.82, 2.24) is 19.8 Å². The van der Waals surface area contributed by atoms with Gasteiger partial charge in [-0.25, -0.2) is 4.68 Å². The smallest absolute Gasteiger partial charge is 0.239 e. The molecular weight excluding hydrogens is 442 g/mol. The summed E-state index contributed by atoms with van der Waals surface area (Å²) >= 11 is 7.64. The second-order valence-corrected chi connectivity index (χ2v) is 10.1. The molecule has 32 heavy (non-hydrogen) atoms. The molecule has 0 radical (unpaired) electrons. The van der Waals surface area contributed by atoms with E-state index in [0.717, 1.165) is 36.2 Å². The standard InChI is InChI=1S/C24H26ClN5OS/c1-15-7-6-8-16(2)29(15)23(31)21-20(17-11-13-19(25)14-12-17)28-30-22(26-27-24(30)32-21)18-9-4-3-5-10-18/h3-5,9-16,20-21,28H,6-8H2,1-2H3/t15-,16+,20-,21-/m0/s1. The third-order valence-corrected chi connectivity index (χ3v) is 7.84. The molecule has 8 heteroatoms. The van der Waals surface area contributed by atoms with Crippen molar-refractivity contribution in [2.45, 2.75) is 61.6 Å². The Balaban J connectivity index is 1.54. The molecule has 0 saturated carbocycles. The Morgan fingerprint density at radius 1 is 1.03 bits per heavy atom. The molecule has 2 aliphatic rings. The summed E-state index contributed by atoms with van der Waals surface area (Å²) in [5.41, 5.74) is 5.54. The number of fused-ring (bicyclic) bond motifs is 1. The monoisotopic (exact) mass is 467 g/mol. The minimum Gasteiger partial charge on any atom is -0.336 e. The van der Waals surface area contributed by atoms with Crippen LogP contribution >= 0.6 is 23.4 Å². The largest absolute Gasteiger partial charge is 0.336 e. The van der Waals surface area contributed by atoms with Gasteiger partial charge in [-0.3, -0.25) is 4.79 Å². The van der Waals surface area contributed by atoms with Gasteiger partial charge in [-0.15, -0.1) is 10.2 Å². The van der Waals surface area contributed by atoms with Gasteiger partial charge in [0.15, 0.2) is 5.82 Å². The first-order chi connectivity index (χ1) is 15.5. The molecular formula is C24H26ClN5OS. The van der Waals surface area contributed by atoms with E-state index in [4.69, 9.17) is 11.6 Å². The highest BCUT2D eigenvalue weighted by Gasteiger charge is 2.42. The van der Waals surface area contributed by atoms with E-state index in [1.54, 1.807) is 0 Å². The lowest BCUT2D eigenvalue weighted by Crippen LogP contribution is -2.53. The highest BCUT2D eigenvalue weighted by molar-refractivity contribution is 8.00. The fraction of sp³-hybridized carbons (Fsp3) is 0.375. The lowest BCUT2D eigenvalue weighted by molar-refractivity contribution is -0.137. The van der Waals surface area contributed by atoms with Crippen LogP contribution in [0.1, 0.15) is 44.7 Å². The number of carbonyl (C=O) groups excluding carboxylic acids is 1. The zero-order valence-electron chi connectivity index (χ0n) is 18.1. The van der Waals surface area contributed by atoms with Crippen molar-refractivity contribution in [3.63, 3.8) is 0 Å². The number of benzene rings is 2. The van der Waals surface area contributed by atoms with E-state index in [0.29, 0.717) is 10.2 Å². The molecule has 1 amide bonds. The maximum atomic E-state index is 13.9. The van der Waals surface area contributed by atoms with E-state index in [9.17, 15) is 4.79 Å². The molecule has 2 aliphatic heterocycles. The number of nitrogens with one attached hydrogen (secondary N) is 1. The Morgan fingerprint density at radius 3 is 2.41 bits per heavy atom. The second-order valence-electron chi connectivity index (χ2n) is 8.58. The van der Waals surface area contributed by atoms with Gasteiger partial charge in [0, 0.05) is 22.7 Å². The average molecular weight is 468 g/mol. The van der Waals surface area contributed by atoms with Crippen LogP contribution in [0.5, 0.6) is 0 Å². The number of nitrogens with zero attached hydrogens (tertiary/aromatic N) is 4. The predicted octanol–water partition coefficient (Wildman–Crippen LogP) is 5.15. The van der Waals surface area contributed by atoms with Crippen LogP contribution in [-0.2, 0) is 4.79 Å². The molecule has 1 saturated heterocycles. The molecule has 0 unspecified atom stereocenters. The maximum Gasteiger partial charge on any atom is 0.239 e. The zero-order chi connectivity index (χ0) is 22.2. The van der Waals surface area contributed by atoms with E-state index in [1.165, 1.54) is 11.8 Å². The highest BCUT2D eigenvalue weighted by atomic mass is 35.5. The Hall–Kier alpha value is -2.51. The highest BCUT2D eigenvalue weighted by Crippen LogP contribution is 2.40. The quantitative estimate of drug-likeness (QED) is 0.577. The number of rotatable bonds is 3. The number of piperidine rings is 1. The molecule has 5 rings (SSSR count). The average Bonchev–Trinajstić information content (AvgIpc) is 3.22.